The maximum Gasteiger partial charge on any atom is 0.233 e. The normalized spacial score (nSPS) is 16.2. The van der Waals surface area contributed by atoms with Crippen LogP contribution < -0.4 is 9.64 Å². The molecule has 5 nitrogen and oxygen atoms in total. The second kappa shape index (κ2) is 8.74. The lowest BCUT2D eigenvalue weighted by Gasteiger charge is -2.24. The number of aryl methyl sites for hydroxylation is 3. The van der Waals surface area contributed by atoms with Crippen LogP contribution in [-0.2, 0) is 16.0 Å². The quantitative estimate of drug-likeness (QED) is 0.560. The van der Waals surface area contributed by atoms with E-state index in [2.05, 4.69) is 32.9 Å². The predicted octanol–water partition coefficient (Wildman–Crippen LogP) is 4.98. The van der Waals surface area contributed by atoms with Crippen molar-refractivity contribution < 1.29 is 14.3 Å². The van der Waals surface area contributed by atoms with E-state index in [-0.39, 0.29) is 12.0 Å². The zero-order chi connectivity index (χ0) is 21.3. The van der Waals surface area contributed by atoms with E-state index in [0.717, 1.165) is 57.2 Å². The van der Waals surface area contributed by atoms with E-state index in [0.29, 0.717) is 13.0 Å². The number of carbonyl (C=O) groups is 1. The van der Waals surface area contributed by atoms with Crippen LogP contribution in [0.2, 0.25) is 0 Å². The molecule has 1 amide bonds. The molecule has 2 heterocycles. The van der Waals surface area contributed by atoms with Crippen molar-refractivity contribution in [2.45, 2.75) is 46.1 Å². The summed E-state index contributed by atoms with van der Waals surface area (Å²) in [6.45, 7) is 7.55. The zero-order valence-corrected chi connectivity index (χ0v) is 18.8. The summed E-state index contributed by atoms with van der Waals surface area (Å²) in [4.78, 5) is 20.1. The highest BCUT2D eigenvalue weighted by molar-refractivity contribution is 7.22. The van der Waals surface area contributed by atoms with Gasteiger partial charge in [0.25, 0.3) is 0 Å². The SMILES string of the molecule is COc1ccc2sc(N(CC3CCCO3)C(=O)Cc3c(C)cc(C)cc3C)nc2c1. The van der Waals surface area contributed by atoms with Gasteiger partial charge in [0.15, 0.2) is 5.13 Å². The number of aromatic nitrogens is 1. The molecule has 0 radical (unpaired) electrons. The van der Waals surface area contributed by atoms with Gasteiger partial charge in [0.1, 0.15) is 5.75 Å². The van der Waals surface area contributed by atoms with E-state index in [1.165, 1.54) is 5.56 Å². The molecule has 1 fully saturated rings. The Hall–Kier alpha value is -2.44. The number of hydrogen-bond acceptors (Lipinski definition) is 5. The number of hydrogen-bond donors (Lipinski definition) is 0. The maximum absolute atomic E-state index is 13.5. The molecule has 158 valence electrons. The average Bonchev–Trinajstić information content (AvgIpc) is 3.37. The number of benzene rings is 2. The topological polar surface area (TPSA) is 51.7 Å². The van der Waals surface area contributed by atoms with Crippen molar-refractivity contribution in [1.82, 2.24) is 4.98 Å². The Balaban J connectivity index is 1.66. The molecule has 1 aliphatic heterocycles. The molecule has 30 heavy (non-hydrogen) atoms. The van der Waals surface area contributed by atoms with E-state index in [9.17, 15) is 4.79 Å². The highest BCUT2D eigenvalue weighted by atomic mass is 32.1. The Labute approximate surface area is 181 Å². The Bertz CT molecular complexity index is 1050. The monoisotopic (exact) mass is 424 g/mol. The number of thiazole rings is 1. The van der Waals surface area contributed by atoms with Crippen molar-refractivity contribution in [2.75, 3.05) is 25.2 Å². The first-order chi connectivity index (χ1) is 14.4. The smallest absolute Gasteiger partial charge is 0.233 e. The Morgan fingerprint density at radius 3 is 2.67 bits per heavy atom. The van der Waals surface area contributed by atoms with Gasteiger partial charge in [-0.15, -0.1) is 0 Å². The number of amides is 1. The van der Waals surface area contributed by atoms with Crippen LogP contribution in [-0.4, -0.2) is 37.3 Å². The fourth-order valence-corrected chi connectivity index (χ4v) is 5.12. The minimum absolute atomic E-state index is 0.0616. The Morgan fingerprint density at radius 1 is 1.23 bits per heavy atom. The van der Waals surface area contributed by atoms with Crippen LogP contribution in [0.4, 0.5) is 5.13 Å². The standard InChI is InChI=1S/C24H28N2O3S/c1-15-10-16(2)20(17(3)11-15)13-23(27)26(14-19-6-5-9-29-19)24-25-21-12-18(28-4)7-8-22(21)30-24/h7-8,10-12,19H,5-6,9,13-14H2,1-4H3. The largest absolute Gasteiger partial charge is 0.497 e. The van der Waals surface area contributed by atoms with Crippen molar-refractivity contribution >= 4 is 32.6 Å². The Morgan fingerprint density at radius 2 is 2.00 bits per heavy atom. The molecule has 0 N–H and O–H groups in total. The molecule has 1 saturated heterocycles. The molecule has 0 bridgehead atoms. The van der Waals surface area contributed by atoms with Crippen molar-refractivity contribution in [3.8, 4) is 5.75 Å². The fraction of sp³-hybridized carbons (Fsp3) is 0.417. The number of ether oxygens (including phenoxy) is 2. The van der Waals surface area contributed by atoms with Crippen LogP contribution >= 0.6 is 11.3 Å². The summed E-state index contributed by atoms with van der Waals surface area (Å²) in [7, 11) is 1.65. The van der Waals surface area contributed by atoms with Gasteiger partial charge in [-0.05, 0) is 62.4 Å². The van der Waals surface area contributed by atoms with Gasteiger partial charge < -0.3 is 9.47 Å². The third kappa shape index (κ3) is 4.35. The average molecular weight is 425 g/mol. The number of carbonyl (C=O) groups excluding carboxylic acids is 1. The van der Waals surface area contributed by atoms with E-state index in [4.69, 9.17) is 14.5 Å². The molecule has 1 aromatic heterocycles. The molecule has 1 atom stereocenters. The predicted molar refractivity (Wildman–Crippen MR) is 122 cm³/mol. The van der Waals surface area contributed by atoms with E-state index >= 15 is 0 Å². The van der Waals surface area contributed by atoms with Gasteiger partial charge in [-0.25, -0.2) is 4.98 Å². The summed E-state index contributed by atoms with van der Waals surface area (Å²) in [5.74, 6) is 0.828. The summed E-state index contributed by atoms with van der Waals surface area (Å²) in [5.41, 5.74) is 5.49. The van der Waals surface area contributed by atoms with Gasteiger partial charge in [0.05, 0.1) is 36.4 Å². The molecule has 3 aromatic rings. The third-order valence-electron chi connectivity index (χ3n) is 5.69. The van der Waals surface area contributed by atoms with Crippen molar-refractivity contribution in [3.63, 3.8) is 0 Å². The van der Waals surface area contributed by atoms with Crippen LogP contribution in [0.15, 0.2) is 30.3 Å². The molecule has 0 aliphatic carbocycles. The van der Waals surface area contributed by atoms with E-state index < -0.39 is 0 Å². The molecule has 4 rings (SSSR count). The summed E-state index contributed by atoms with van der Waals surface area (Å²) < 4.78 is 12.2. The highest BCUT2D eigenvalue weighted by Crippen LogP contribution is 2.32. The van der Waals surface area contributed by atoms with Crippen LogP contribution in [0, 0.1) is 20.8 Å². The first kappa shape index (κ1) is 20.8. The lowest BCUT2D eigenvalue weighted by molar-refractivity contribution is -0.118. The van der Waals surface area contributed by atoms with E-state index in [1.54, 1.807) is 18.4 Å². The van der Waals surface area contributed by atoms with Gasteiger partial charge in [-0.2, -0.15) is 0 Å². The molecular formula is C24H28N2O3S. The summed E-state index contributed by atoms with van der Waals surface area (Å²) >= 11 is 1.54. The Kier molecular flexibility index (Phi) is 6.06. The zero-order valence-electron chi connectivity index (χ0n) is 18.0. The fourth-order valence-electron chi connectivity index (χ4n) is 4.15. The minimum Gasteiger partial charge on any atom is -0.497 e. The summed E-state index contributed by atoms with van der Waals surface area (Å²) in [6, 6.07) is 10.1. The van der Waals surface area contributed by atoms with Gasteiger partial charge >= 0.3 is 0 Å². The molecule has 2 aromatic carbocycles. The minimum atomic E-state index is 0.0616. The third-order valence-corrected chi connectivity index (χ3v) is 6.75. The summed E-state index contributed by atoms with van der Waals surface area (Å²) in [5, 5.41) is 0.723. The number of fused-ring (bicyclic) bond motifs is 1. The molecule has 1 aliphatic rings. The van der Waals surface area contributed by atoms with Crippen LogP contribution in [0.25, 0.3) is 10.2 Å². The van der Waals surface area contributed by atoms with Gasteiger partial charge in [-0.3, -0.25) is 9.69 Å². The first-order valence-electron chi connectivity index (χ1n) is 10.4. The van der Waals surface area contributed by atoms with Gasteiger partial charge in [0.2, 0.25) is 5.91 Å². The lowest BCUT2D eigenvalue weighted by atomic mass is 9.97. The number of methoxy groups -OCH3 is 1. The van der Waals surface area contributed by atoms with Crippen molar-refractivity contribution in [1.29, 1.82) is 0 Å². The van der Waals surface area contributed by atoms with Crippen LogP contribution in [0.1, 0.15) is 35.1 Å². The molecular weight excluding hydrogens is 396 g/mol. The molecule has 0 saturated carbocycles. The maximum atomic E-state index is 13.5. The number of nitrogens with zero attached hydrogens (tertiary/aromatic N) is 2. The molecule has 6 heteroatoms. The number of rotatable bonds is 6. The van der Waals surface area contributed by atoms with Crippen molar-refractivity contribution in [3.05, 3.63) is 52.6 Å². The highest BCUT2D eigenvalue weighted by Gasteiger charge is 2.27. The second-order valence-corrected chi connectivity index (χ2v) is 9.03. The second-order valence-electron chi connectivity index (χ2n) is 8.02. The van der Waals surface area contributed by atoms with Crippen LogP contribution in [0.3, 0.4) is 0 Å². The summed E-state index contributed by atoms with van der Waals surface area (Å²) in [6.07, 6.45) is 2.45. The van der Waals surface area contributed by atoms with Crippen LogP contribution in [0.5, 0.6) is 5.75 Å². The van der Waals surface area contributed by atoms with Gasteiger partial charge in [-0.1, -0.05) is 29.0 Å². The van der Waals surface area contributed by atoms with Gasteiger partial charge in [0, 0.05) is 12.7 Å². The van der Waals surface area contributed by atoms with E-state index in [1.807, 2.05) is 23.1 Å². The molecule has 0 spiro atoms. The first-order valence-corrected chi connectivity index (χ1v) is 11.2. The van der Waals surface area contributed by atoms with Crippen molar-refractivity contribution in [2.24, 2.45) is 0 Å². The number of anilines is 1. The lowest BCUT2D eigenvalue weighted by Crippen LogP contribution is -2.38. The molecule has 1 unspecified atom stereocenters.